The first-order valence-electron chi connectivity index (χ1n) is 9.52. The SMILES string of the molecule is CSCC[C@@H](NC(N)=O)C(=O)OCC(=O)N1CCC(Cc2ccccc2)CC1. The summed E-state index contributed by atoms with van der Waals surface area (Å²) in [5, 5.41) is 2.37. The second-order valence-corrected chi connectivity index (χ2v) is 7.95. The minimum atomic E-state index is -0.825. The van der Waals surface area contributed by atoms with Gasteiger partial charge in [-0.2, -0.15) is 11.8 Å². The van der Waals surface area contributed by atoms with Crippen molar-refractivity contribution in [3.63, 3.8) is 0 Å². The molecule has 1 fully saturated rings. The predicted octanol–water partition coefficient (Wildman–Crippen LogP) is 1.80. The lowest BCUT2D eigenvalue weighted by molar-refractivity contribution is -0.154. The molecule has 3 N–H and O–H groups in total. The van der Waals surface area contributed by atoms with E-state index in [0.717, 1.165) is 19.3 Å². The largest absolute Gasteiger partial charge is 0.454 e. The number of carbonyl (C=O) groups excluding carboxylic acids is 3. The number of rotatable bonds is 9. The number of hydrogen-bond donors (Lipinski definition) is 2. The molecule has 3 amide bonds. The molecule has 0 unspecified atom stereocenters. The standard InChI is InChI=1S/C20H29N3O4S/c1-28-12-9-17(22-20(21)26)19(25)27-14-18(24)23-10-7-16(8-11-23)13-15-5-3-2-4-6-15/h2-6,16-17H,7-14H2,1H3,(H3,21,22,26)/t17-/m1/s1. The van der Waals surface area contributed by atoms with Crippen molar-refractivity contribution >= 4 is 29.7 Å². The number of nitrogens with two attached hydrogens (primary N) is 1. The molecular formula is C20H29N3O4S. The first kappa shape index (κ1) is 22.1. The van der Waals surface area contributed by atoms with Crippen LogP contribution in [0, 0.1) is 5.92 Å². The minimum Gasteiger partial charge on any atom is -0.454 e. The Morgan fingerprint density at radius 2 is 1.93 bits per heavy atom. The summed E-state index contributed by atoms with van der Waals surface area (Å²) in [6, 6.07) is 8.75. The second-order valence-electron chi connectivity index (χ2n) is 6.96. The van der Waals surface area contributed by atoms with Crippen LogP contribution in [-0.2, 0) is 20.7 Å². The molecule has 28 heavy (non-hydrogen) atoms. The van der Waals surface area contributed by atoms with E-state index in [1.54, 1.807) is 16.7 Å². The summed E-state index contributed by atoms with van der Waals surface area (Å²) in [6.45, 7) is 1.03. The van der Waals surface area contributed by atoms with Crippen LogP contribution in [-0.4, -0.2) is 60.6 Å². The predicted molar refractivity (Wildman–Crippen MR) is 110 cm³/mol. The summed E-state index contributed by atoms with van der Waals surface area (Å²) in [6.07, 6.45) is 5.20. The van der Waals surface area contributed by atoms with Crippen molar-refractivity contribution in [2.75, 3.05) is 31.7 Å². The van der Waals surface area contributed by atoms with E-state index in [0.29, 0.717) is 31.2 Å². The maximum absolute atomic E-state index is 12.4. The number of amides is 3. The molecule has 154 valence electrons. The number of nitrogens with zero attached hydrogens (tertiary/aromatic N) is 1. The van der Waals surface area contributed by atoms with Gasteiger partial charge in [-0.05, 0) is 49.2 Å². The van der Waals surface area contributed by atoms with Gasteiger partial charge in [-0.25, -0.2) is 9.59 Å². The number of benzene rings is 1. The summed E-state index contributed by atoms with van der Waals surface area (Å²) in [5.74, 6) is 0.405. The van der Waals surface area contributed by atoms with Gasteiger partial charge >= 0.3 is 12.0 Å². The fraction of sp³-hybridized carbons (Fsp3) is 0.550. The van der Waals surface area contributed by atoms with Crippen LogP contribution in [0.1, 0.15) is 24.8 Å². The van der Waals surface area contributed by atoms with Crippen LogP contribution in [0.4, 0.5) is 4.79 Å². The average Bonchev–Trinajstić information content (AvgIpc) is 2.70. The monoisotopic (exact) mass is 407 g/mol. The molecule has 0 bridgehead atoms. The zero-order valence-corrected chi connectivity index (χ0v) is 17.1. The van der Waals surface area contributed by atoms with E-state index in [1.807, 2.05) is 24.5 Å². The molecule has 1 aliphatic heterocycles. The lowest BCUT2D eigenvalue weighted by Gasteiger charge is -2.32. The van der Waals surface area contributed by atoms with Gasteiger partial charge in [0.2, 0.25) is 0 Å². The first-order valence-corrected chi connectivity index (χ1v) is 10.9. The van der Waals surface area contributed by atoms with E-state index < -0.39 is 18.0 Å². The summed E-state index contributed by atoms with van der Waals surface area (Å²) in [5.41, 5.74) is 6.42. The molecule has 1 aliphatic rings. The van der Waals surface area contributed by atoms with Crippen LogP contribution in [0.15, 0.2) is 30.3 Å². The average molecular weight is 408 g/mol. The van der Waals surface area contributed by atoms with Crippen molar-refractivity contribution in [3.05, 3.63) is 35.9 Å². The number of urea groups is 1. The van der Waals surface area contributed by atoms with Gasteiger partial charge in [0.25, 0.3) is 5.91 Å². The van der Waals surface area contributed by atoms with E-state index in [1.165, 1.54) is 5.56 Å². The molecule has 0 radical (unpaired) electrons. The van der Waals surface area contributed by atoms with Gasteiger partial charge in [-0.15, -0.1) is 0 Å². The number of primary amides is 1. The lowest BCUT2D eigenvalue weighted by Crippen LogP contribution is -2.46. The molecule has 1 atom stereocenters. The zero-order valence-electron chi connectivity index (χ0n) is 16.3. The van der Waals surface area contributed by atoms with Crippen molar-refractivity contribution in [2.24, 2.45) is 11.7 Å². The van der Waals surface area contributed by atoms with Gasteiger partial charge in [0, 0.05) is 13.1 Å². The molecule has 1 aromatic rings. The molecular weight excluding hydrogens is 378 g/mol. The molecule has 1 saturated heterocycles. The van der Waals surface area contributed by atoms with Crippen LogP contribution in [0.3, 0.4) is 0 Å². The second kappa shape index (κ2) is 11.6. The number of thioether (sulfide) groups is 1. The summed E-state index contributed by atoms with van der Waals surface area (Å²) < 4.78 is 5.13. The highest BCUT2D eigenvalue weighted by atomic mass is 32.2. The number of carbonyl (C=O) groups is 3. The third kappa shape index (κ3) is 7.42. The summed E-state index contributed by atoms with van der Waals surface area (Å²) in [4.78, 5) is 37.3. The number of likely N-dealkylation sites (tertiary alicyclic amines) is 1. The van der Waals surface area contributed by atoms with Crippen LogP contribution < -0.4 is 11.1 Å². The summed E-state index contributed by atoms with van der Waals surface area (Å²) >= 11 is 1.55. The van der Waals surface area contributed by atoms with E-state index >= 15 is 0 Å². The highest BCUT2D eigenvalue weighted by Crippen LogP contribution is 2.21. The topological polar surface area (TPSA) is 102 Å². The molecule has 7 nitrogen and oxygen atoms in total. The van der Waals surface area contributed by atoms with Crippen LogP contribution in [0.5, 0.6) is 0 Å². The quantitative estimate of drug-likeness (QED) is 0.608. The number of nitrogens with one attached hydrogen (secondary N) is 1. The van der Waals surface area contributed by atoms with Crippen molar-refractivity contribution in [3.8, 4) is 0 Å². The van der Waals surface area contributed by atoms with E-state index in [4.69, 9.17) is 10.5 Å². The normalized spacial score (nSPS) is 15.7. The van der Waals surface area contributed by atoms with Gasteiger partial charge in [0.15, 0.2) is 6.61 Å². The zero-order chi connectivity index (χ0) is 20.4. The van der Waals surface area contributed by atoms with Crippen LogP contribution in [0.2, 0.25) is 0 Å². The van der Waals surface area contributed by atoms with Gasteiger partial charge in [0.1, 0.15) is 6.04 Å². The Kier molecular flexibility index (Phi) is 9.13. The van der Waals surface area contributed by atoms with Crippen molar-refractivity contribution in [2.45, 2.75) is 31.7 Å². The highest BCUT2D eigenvalue weighted by molar-refractivity contribution is 7.98. The van der Waals surface area contributed by atoms with Crippen LogP contribution in [0.25, 0.3) is 0 Å². The Morgan fingerprint density at radius 1 is 1.25 bits per heavy atom. The van der Waals surface area contributed by atoms with Gasteiger partial charge < -0.3 is 20.7 Å². The molecule has 0 saturated carbocycles. The Morgan fingerprint density at radius 3 is 2.54 bits per heavy atom. The van der Waals surface area contributed by atoms with Gasteiger partial charge in [-0.3, -0.25) is 4.79 Å². The number of piperidine rings is 1. The molecule has 0 aliphatic carbocycles. The van der Waals surface area contributed by atoms with Crippen molar-refractivity contribution in [1.82, 2.24) is 10.2 Å². The van der Waals surface area contributed by atoms with Crippen molar-refractivity contribution < 1.29 is 19.1 Å². The highest BCUT2D eigenvalue weighted by Gasteiger charge is 2.26. The Hall–Kier alpha value is -2.22. The lowest BCUT2D eigenvalue weighted by atomic mass is 9.90. The third-order valence-electron chi connectivity index (χ3n) is 4.88. The first-order chi connectivity index (χ1) is 13.5. The maximum Gasteiger partial charge on any atom is 0.329 e. The third-order valence-corrected chi connectivity index (χ3v) is 5.53. The van der Waals surface area contributed by atoms with Gasteiger partial charge in [-0.1, -0.05) is 30.3 Å². The Bertz CT molecular complexity index is 648. The van der Waals surface area contributed by atoms with Gasteiger partial charge in [0.05, 0.1) is 0 Å². The smallest absolute Gasteiger partial charge is 0.329 e. The number of esters is 1. The van der Waals surface area contributed by atoms with E-state index in [-0.39, 0.29) is 12.5 Å². The fourth-order valence-corrected chi connectivity index (χ4v) is 3.79. The number of ether oxygens (including phenoxy) is 1. The Labute approximate surface area is 170 Å². The fourth-order valence-electron chi connectivity index (χ4n) is 3.32. The van der Waals surface area contributed by atoms with E-state index in [2.05, 4.69) is 17.4 Å². The molecule has 1 heterocycles. The number of hydrogen-bond acceptors (Lipinski definition) is 5. The maximum atomic E-state index is 12.4. The minimum absolute atomic E-state index is 0.200. The van der Waals surface area contributed by atoms with Crippen molar-refractivity contribution in [1.29, 1.82) is 0 Å². The van der Waals surface area contributed by atoms with E-state index in [9.17, 15) is 14.4 Å². The Balaban J connectivity index is 1.74. The molecule has 2 rings (SSSR count). The van der Waals surface area contributed by atoms with Crippen LogP contribution >= 0.6 is 11.8 Å². The molecule has 0 aromatic heterocycles. The molecule has 0 spiro atoms. The summed E-state index contributed by atoms with van der Waals surface area (Å²) in [7, 11) is 0. The molecule has 1 aromatic carbocycles. The molecule has 8 heteroatoms.